The number of nitrogens with zero attached hydrogens (tertiary/aromatic N) is 1. The number of carbonyl (C=O) groups excluding carboxylic acids is 1. The van der Waals surface area contributed by atoms with Gasteiger partial charge in [0.25, 0.3) is 0 Å². The van der Waals surface area contributed by atoms with Crippen LogP contribution in [0.15, 0.2) is 94.9 Å². The Labute approximate surface area is 265 Å². The molecular formula is C31H28Cl3N3O5S. The van der Waals surface area contributed by atoms with Crippen LogP contribution in [-0.2, 0) is 21.4 Å². The first kappa shape index (κ1) is 32.3. The van der Waals surface area contributed by atoms with Crippen molar-refractivity contribution >= 4 is 56.9 Å². The van der Waals surface area contributed by atoms with Crippen LogP contribution in [0, 0.1) is 6.92 Å². The van der Waals surface area contributed by atoms with Crippen molar-refractivity contribution in [3.63, 3.8) is 0 Å². The Bertz CT molecular complexity index is 1720. The maximum atomic E-state index is 13.1. The van der Waals surface area contributed by atoms with Gasteiger partial charge in [0, 0.05) is 22.0 Å². The van der Waals surface area contributed by atoms with Crippen LogP contribution >= 0.6 is 34.8 Å². The molecule has 0 aliphatic rings. The number of methoxy groups -OCH3 is 1. The topological polar surface area (TPSA) is 106 Å². The standard InChI is InChI=1S/C31H28Cl3N3O5S/c1-20-8-12-25(13-9-20)43(39,40)37-28(22-6-4-3-5-7-22)17-30(38)36-35-18-21-14-27(34)31(29(15-21)41-2)42-19-23-10-11-24(32)16-26(23)33/h3-16,18,28,37H,17,19H2,1-2H3,(H,36,38)/b35-18-/t28-/m1/s1. The molecule has 0 heterocycles. The maximum absolute atomic E-state index is 13.1. The number of amides is 1. The Hall–Kier alpha value is -3.60. The summed E-state index contributed by atoms with van der Waals surface area (Å²) in [5.74, 6) is 0.150. The van der Waals surface area contributed by atoms with E-state index in [2.05, 4.69) is 15.2 Å². The molecule has 1 atom stereocenters. The molecule has 2 N–H and O–H groups in total. The Morgan fingerprint density at radius 2 is 1.67 bits per heavy atom. The Morgan fingerprint density at radius 1 is 0.953 bits per heavy atom. The van der Waals surface area contributed by atoms with Crippen LogP contribution in [0.25, 0.3) is 0 Å². The summed E-state index contributed by atoms with van der Waals surface area (Å²) in [5, 5.41) is 5.25. The fourth-order valence-corrected chi connectivity index (χ4v) is 6.00. The first-order valence-corrected chi connectivity index (χ1v) is 15.6. The highest BCUT2D eigenvalue weighted by Crippen LogP contribution is 2.37. The van der Waals surface area contributed by atoms with E-state index in [1.165, 1.54) is 25.5 Å². The van der Waals surface area contributed by atoms with Gasteiger partial charge in [-0.25, -0.2) is 18.6 Å². The second-order valence-electron chi connectivity index (χ2n) is 9.45. The maximum Gasteiger partial charge on any atom is 0.242 e. The van der Waals surface area contributed by atoms with Gasteiger partial charge >= 0.3 is 0 Å². The smallest absolute Gasteiger partial charge is 0.242 e. The van der Waals surface area contributed by atoms with Crippen molar-refractivity contribution in [1.82, 2.24) is 10.1 Å². The van der Waals surface area contributed by atoms with Gasteiger partial charge < -0.3 is 9.47 Å². The number of aryl methyl sites for hydroxylation is 1. The van der Waals surface area contributed by atoms with Crippen LogP contribution in [0.2, 0.25) is 15.1 Å². The molecule has 0 radical (unpaired) electrons. The van der Waals surface area contributed by atoms with Crippen LogP contribution in [0.4, 0.5) is 0 Å². The van der Waals surface area contributed by atoms with Gasteiger partial charge in [-0.05, 0) is 54.4 Å². The molecule has 43 heavy (non-hydrogen) atoms. The second kappa shape index (κ2) is 14.7. The molecule has 4 aromatic carbocycles. The van der Waals surface area contributed by atoms with Gasteiger partial charge in [-0.3, -0.25) is 4.79 Å². The number of carbonyl (C=O) groups is 1. The first-order chi connectivity index (χ1) is 20.6. The molecule has 1 amide bonds. The van der Waals surface area contributed by atoms with Crippen LogP contribution < -0.4 is 19.6 Å². The Kier molecular flexibility index (Phi) is 11.1. The molecule has 0 aromatic heterocycles. The highest BCUT2D eigenvalue weighted by atomic mass is 35.5. The quantitative estimate of drug-likeness (QED) is 0.125. The summed E-state index contributed by atoms with van der Waals surface area (Å²) in [6, 6.07) is 22.8. The van der Waals surface area contributed by atoms with Gasteiger partial charge in [0.1, 0.15) is 6.61 Å². The van der Waals surface area contributed by atoms with Crippen molar-refractivity contribution in [2.45, 2.75) is 30.9 Å². The lowest BCUT2D eigenvalue weighted by molar-refractivity contribution is -0.121. The van der Waals surface area contributed by atoms with Crippen LogP contribution in [0.1, 0.15) is 34.7 Å². The zero-order valence-corrected chi connectivity index (χ0v) is 26.3. The largest absolute Gasteiger partial charge is 0.493 e. The van der Waals surface area contributed by atoms with Gasteiger partial charge in [0.15, 0.2) is 11.5 Å². The fraction of sp³-hybridized carbons (Fsp3) is 0.161. The van der Waals surface area contributed by atoms with Crippen molar-refractivity contribution in [2.75, 3.05) is 7.11 Å². The van der Waals surface area contributed by atoms with E-state index in [4.69, 9.17) is 44.3 Å². The number of hydrogen-bond donors (Lipinski definition) is 2. The highest BCUT2D eigenvalue weighted by Gasteiger charge is 2.24. The molecule has 4 aromatic rings. The zero-order valence-electron chi connectivity index (χ0n) is 23.2. The van der Waals surface area contributed by atoms with Crippen LogP contribution in [-0.4, -0.2) is 27.6 Å². The third-order valence-electron chi connectivity index (χ3n) is 6.26. The van der Waals surface area contributed by atoms with E-state index < -0.39 is 22.0 Å². The molecule has 224 valence electrons. The molecule has 0 aliphatic heterocycles. The number of halogens is 3. The number of nitrogens with one attached hydrogen (secondary N) is 2. The third kappa shape index (κ3) is 8.95. The van der Waals surface area contributed by atoms with Gasteiger partial charge in [-0.2, -0.15) is 5.10 Å². The lowest BCUT2D eigenvalue weighted by Crippen LogP contribution is -2.32. The Balaban J connectivity index is 1.43. The van der Waals surface area contributed by atoms with E-state index in [9.17, 15) is 13.2 Å². The minimum Gasteiger partial charge on any atom is -0.493 e. The summed E-state index contributed by atoms with van der Waals surface area (Å²) in [6.45, 7) is 2.00. The predicted octanol–water partition coefficient (Wildman–Crippen LogP) is 7.10. The van der Waals surface area contributed by atoms with E-state index in [1.807, 2.05) is 13.0 Å². The van der Waals surface area contributed by atoms with Gasteiger partial charge in [0.05, 0.1) is 29.3 Å². The molecule has 0 aliphatic carbocycles. The molecule has 0 fully saturated rings. The molecule has 0 unspecified atom stereocenters. The van der Waals surface area contributed by atoms with Crippen molar-refractivity contribution in [3.8, 4) is 11.5 Å². The third-order valence-corrected chi connectivity index (χ3v) is 8.62. The number of sulfonamides is 1. The monoisotopic (exact) mass is 659 g/mol. The van der Waals surface area contributed by atoms with Crippen molar-refractivity contribution < 1.29 is 22.7 Å². The molecular weight excluding hydrogens is 633 g/mol. The summed E-state index contributed by atoms with van der Waals surface area (Å²) in [5.41, 5.74) is 5.25. The average molecular weight is 661 g/mol. The van der Waals surface area contributed by atoms with Crippen LogP contribution in [0.5, 0.6) is 11.5 Å². The van der Waals surface area contributed by atoms with E-state index in [0.717, 1.165) is 5.56 Å². The van der Waals surface area contributed by atoms with E-state index >= 15 is 0 Å². The van der Waals surface area contributed by atoms with Crippen molar-refractivity contribution in [3.05, 3.63) is 122 Å². The minimum atomic E-state index is -3.90. The Morgan fingerprint density at radius 3 is 2.35 bits per heavy atom. The lowest BCUT2D eigenvalue weighted by Gasteiger charge is -2.18. The molecule has 0 saturated carbocycles. The fourth-order valence-electron chi connectivity index (χ4n) is 4.04. The van der Waals surface area contributed by atoms with Gasteiger partial charge in [0.2, 0.25) is 15.9 Å². The first-order valence-electron chi connectivity index (χ1n) is 13.0. The van der Waals surface area contributed by atoms with Gasteiger partial charge in [-0.1, -0.05) is 88.9 Å². The lowest BCUT2D eigenvalue weighted by atomic mass is 10.0. The van der Waals surface area contributed by atoms with Crippen molar-refractivity contribution in [2.24, 2.45) is 5.10 Å². The summed E-state index contributed by atoms with van der Waals surface area (Å²) in [6.07, 6.45) is 1.19. The number of hydrazone groups is 1. The number of ether oxygens (including phenoxy) is 2. The van der Waals surface area contributed by atoms with E-state index in [1.54, 1.807) is 66.7 Å². The zero-order chi connectivity index (χ0) is 31.0. The van der Waals surface area contributed by atoms with Gasteiger partial charge in [-0.15, -0.1) is 0 Å². The molecule has 8 nitrogen and oxygen atoms in total. The second-order valence-corrected chi connectivity index (χ2v) is 12.4. The number of rotatable bonds is 12. The molecule has 4 rings (SSSR count). The average Bonchev–Trinajstić information content (AvgIpc) is 2.97. The summed E-state index contributed by atoms with van der Waals surface area (Å²) in [7, 11) is -2.43. The summed E-state index contributed by atoms with van der Waals surface area (Å²) < 4.78 is 40.1. The predicted molar refractivity (Wildman–Crippen MR) is 170 cm³/mol. The molecule has 0 saturated heterocycles. The molecule has 12 heteroatoms. The number of hydrogen-bond acceptors (Lipinski definition) is 6. The normalized spacial score (nSPS) is 12.2. The van der Waals surface area contributed by atoms with Crippen LogP contribution in [0.3, 0.4) is 0 Å². The molecule has 0 spiro atoms. The highest BCUT2D eigenvalue weighted by molar-refractivity contribution is 7.89. The minimum absolute atomic E-state index is 0.104. The van der Waals surface area contributed by atoms with Crippen molar-refractivity contribution in [1.29, 1.82) is 0 Å². The molecule has 0 bridgehead atoms. The SMILES string of the molecule is COc1cc(/C=N\NC(=O)C[C@@H](NS(=O)(=O)c2ccc(C)cc2)c2ccccc2)cc(Cl)c1OCc1ccc(Cl)cc1Cl. The summed E-state index contributed by atoms with van der Waals surface area (Å²) >= 11 is 18.7. The van der Waals surface area contributed by atoms with E-state index in [0.29, 0.717) is 38.2 Å². The summed E-state index contributed by atoms with van der Waals surface area (Å²) in [4.78, 5) is 13.0. The van der Waals surface area contributed by atoms with E-state index in [-0.39, 0.29) is 22.9 Å². The number of benzene rings is 4.